The molecule has 3 aliphatic heterocycles. The Morgan fingerprint density at radius 2 is 1.25 bits per heavy atom. The third-order valence-corrected chi connectivity index (χ3v) is 9.45. The van der Waals surface area contributed by atoms with Crippen LogP contribution in [0.25, 0.3) is 22.3 Å². The van der Waals surface area contributed by atoms with E-state index in [4.69, 9.17) is 37.6 Å². The van der Waals surface area contributed by atoms with Crippen molar-refractivity contribution in [3.8, 4) is 28.6 Å². The van der Waals surface area contributed by atoms with Gasteiger partial charge in [-0.1, -0.05) is 0 Å². The summed E-state index contributed by atoms with van der Waals surface area (Å²) < 4.78 is 45.6. The largest absolute Gasteiger partial charge is 0.507 e. The molecule has 19 nitrogen and oxygen atoms in total. The molecule has 3 saturated heterocycles. The maximum absolute atomic E-state index is 13.0. The summed E-state index contributed by atoms with van der Waals surface area (Å²) in [5.74, 6) is -0.0612. The van der Waals surface area contributed by atoms with Crippen molar-refractivity contribution in [2.45, 2.75) is 99.0 Å². The van der Waals surface area contributed by atoms with Crippen LogP contribution in [0.3, 0.4) is 0 Å². The number of ether oxygens (including phenoxy) is 7. The van der Waals surface area contributed by atoms with E-state index in [1.807, 2.05) is 0 Å². The van der Waals surface area contributed by atoms with Gasteiger partial charge in [0.15, 0.2) is 24.1 Å². The molecule has 4 heterocycles. The summed E-state index contributed by atoms with van der Waals surface area (Å²) >= 11 is 0. The second-order valence-corrected chi connectivity index (χ2v) is 12.9. The molecule has 10 N–H and O–H groups in total. The molecule has 292 valence electrons. The molecule has 0 amide bonds. The lowest BCUT2D eigenvalue weighted by Crippen LogP contribution is -2.67. The zero-order chi connectivity index (χ0) is 38.3. The van der Waals surface area contributed by atoms with Crippen LogP contribution < -0.4 is 14.9 Å². The van der Waals surface area contributed by atoms with Gasteiger partial charge < -0.3 is 88.6 Å². The molecule has 6 rings (SSSR count). The first-order valence-electron chi connectivity index (χ1n) is 16.6. The van der Waals surface area contributed by atoms with Crippen molar-refractivity contribution in [2.24, 2.45) is 0 Å². The number of methoxy groups -OCH3 is 1. The molecule has 0 saturated carbocycles. The van der Waals surface area contributed by atoms with Gasteiger partial charge in [-0.3, -0.25) is 4.79 Å². The fourth-order valence-electron chi connectivity index (χ4n) is 6.39. The number of aliphatic hydroxyl groups excluding tert-OH is 9. The standard InChI is InChI=1S/C34H42O19/c1-12-23(39)26(42)29(45)32(47-12)52-31-28(44)25(41)21(11-36)51-34(31)53-30-27(43)24(40)20(10-35)50-33(30)48-15-7-16(37)22-17(38)9-18(49-19(22)8-15)13-3-5-14(46-2)6-4-13/h3-9,12,20-21,23-37,39-45H,10-11H2,1-2H3. The van der Waals surface area contributed by atoms with Crippen molar-refractivity contribution >= 4 is 11.0 Å². The molecule has 3 fully saturated rings. The van der Waals surface area contributed by atoms with Crippen LogP contribution in [-0.2, 0) is 23.7 Å². The molecular formula is C34H42O19. The lowest BCUT2D eigenvalue weighted by molar-refractivity contribution is -0.387. The van der Waals surface area contributed by atoms with E-state index in [0.29, 0.717) is 11.3 Å². The maximum atomic E-state index is 13.0. The Balaban J connectivity index is 1.32. The van der Waals surface area contributed by atoms with E-state index in [9.17, 15) is 55.9 Å². The highest BCUT2D eigenvalue weighted by Gasteiger charge is 2.54. The van der Waals surface area contributed by atoms with Crippen molar-refractivity contribution in [1.82, 2.24) is 0 Å². The Kier molecular flexibility index (Phi) is 11.9. The Labute approximate surface area is 300 Å². The third kappa shape index (κ3) is 7.72. The fraction of sp³-hybridized carbons (Fsp3) is 0.559. The first-order chi connectivity index (χ1) is 25.3. The molecule has 53 heavy (non-hydrogen) atoms. The number of phenols is 1. The quantitative estimate of drug-likeness (QED) is 0.0988. The summed E-state index contributed by atoms with van der Waals surface area (Å²) in [5, 5.41) is 105. The second kappa shape index (κ2) is 16.1. The van der Waals surface area contributed by atoms with Gasteiger partial charge in [-0.25, -0.2) is 0 Å². The van der Waals surface area contributed by atoms with Gasteiger partial charge in [-0.15, -0.1) is 0 Å². The van der Waals surface area contributed by atoms with Crippen LogP contribution in [-0.4, -0.2) is 164 Å². The molecule has 15 unspecified atom stereocenters. The van der Waals surface area contributed by atoms with Crippen molar-refractivity contribution in [1.29, 1.82) is 0 Å². The zero-order valence-corrected chi connectivity index (χ0v) is 28.3. The fourth-order valence-corrected chi connectivity index (χ4v) is 6.39. The number of aliphatic hydroxyl groups is 9. The Morgan fingerprint density at radius 1 is 0.660 bits per heavy atom. The Hall–Kier alpha value is -3.51. The van der Waals surface area contributed by atoms with Crippen molar-refractivity contribution < 1.29 is 88.6 Å². The average molecular weight is 755 g/mol. The predicted octanol–water partition coefficient (Wildman–Crippen LogP) is -2.97. The van der Waals surface area contributed by atoms with Gasteiger partial charge in [-0.2, -0.15) is 0 Å². The first kappa shape index (κ1) is 39.2. The summed E-state index contributed by atoms with van der Waals surface area (Å²) in [6, 6.07) is 10.1. The molecule has 3 aliphatic rings. The van der Waals surface area contributed by atoms with Gasteiger partial charge in [0.1, 0.15) is 95.0 Å². The SMILES string of the molecule is COc1ccc(-c2cc(=O)c3c(O)cc(OC4OC(CO)C(O)C(O)C4OC4OC(CO)C(O)C(O)C4OC4OC(C)C(O)C(O)C4O)cc3o2)cc1. The molecule has 0 spiro atoms. The lowest BCUT2D eigenvalue weighted by atomic mass is 9.96. The predicted molar refractivity (Wildman–Crippen MR) is 174 cm³/mol. The van der Waals surface area contributed by atoms with Gasteiger partial charge in [0.25, 0.3) is 0 Å². The van der Waals surface area contributed by atoms with E-state index < -0.39 is 117 Å². The van der Waals surface area contributed by atoms with Gasteiger partial charge in [0, 0.05) is 23.8 Å². The number of benzene rings is 2. The topological polar surface area (TPSA) is 297 Å². The van der Waals surface area contributed by atoms with E-state index in [1.165, 1.54) is 26.2 Å². The number of fused-ring (bicyclic) bond motifs is 1. The van der Waals surface area contributed by atoms with E-state index in [2.05, 4.69) is 0 Å². The van der Waals surface area contributed by atoms with Crippen LogP contribution in [0.15, 0.2) is 51.7 Å². The third-order valence-electron chi connectivity index (χ3n) is 9.45. The highest BCUT2D eigenvalue weighted by Crippen LogP contribution is 2.36. The summed E-state index contributed by atoms with van der Waals surface area (Å²) in [4.78, 5) is 13.0. The van der Waals surface area contributed by atoms with Gasteiger partial charge in [-0.05, 0) is 31.2 Å². The summed E-state index contributed by atoms with van der Waals surface area (Å²) in [5.41, 5.74) is -0.199. The number of aromatic hydroxyl groups is 1. The number of phenolic OH excluding ortho intramolecular Hbond substituents is 1. The van der Waals surface area contributed by atoms with Crippen LogP contribution >= 0.6 is 0 Å². The van der Waals surface area contributed by atoms with Crippen LogP contribution in [0.1, 0.15) is 6.92 Å². The summed E-state index contributed by atoms with van der Waals surface area (Å²) in [6.07, 6.45) is -25.5. The average Bonchev–Trinajstić information content (AvgIpc) is 3.14. The Morgan fingerprint density at radius 3 is 1.85 bits per heavy atom. The highest BCUT2D eigenvalue weighted by atomic mass is 16.8. The summed E-state index contributed by atoms with van der Waals surface area (Å²) in [6.45, 7) is -0.269. The van der Waals surface area contributed by atoms with E-state index >= 15 is 0 Å². The molecule has 2 aromatic carbocycles. The molecule has 0 bridgehead atoms. The first-order valence-corrected chi connectivity index (χ1v) is 16.6. The van der Waals surface area contributed by atoms with Crippen LogP contribution in [0.4, 0.5) is 0 Å². The second-order valence-electron chi connectivity index (χ2n) is 12.9. The zero-order valence-electron chi connectivity index (χ0n) is 28.3. The minimum atomic E-state index is -1.92. The molecule has 0 radical (unpaired) electrons. The number of rotatable bonds is 10. The van der Waals surface area contributed by atoms with Crippen LogP contribution in [0.5, 0.6) is 17.2 Å². The summed E-state index contributed by atoms with van der Waals surface area (Å²) in [7, 11) is 1.49. The van der Waals surface area contributed by atoms with Gasteiger partial charge in [0.2, 0.25) is 6.29 Å². The Bertz CT molecular complexity index is 1750. The van der Waals surface area contributed by atoms with E-state index in [1.54, 1.807) is 24.3 Å². The minimum absolute atomic E-state index is 0.120. The molecule has 15 atom stereocenters. The smallest absolute Gasteiger partial charge is 0.229 e. The molecule has 1 aromatic heterocycles. The molecule has 0 aliphatic carbocycles. The van der Waals surface area contributed by atoms with Crippen molar-refractivity contribution in [2.75, 3.05) is 20.3 Å². The molecular weight excluding hydrogens is 712 g/mol. The number of hydrogen-bond acceptors (Lipinski definition) is 19. The normalized spacial score (nSPS) is 37.8. The lowest BCUT2D eigenvalue weighted by Gasteiger charge is -2.48. The van der Waals surface area contributed by atoms with Crippen molar-refractivity contribution in [3.05, 3.63) is 52.7 Å². The minimum Gasteiger partial charge on any atom is -0.507 e. The van der Waals surface area contributed by atoms with Gasteiger partial charge >= 0.3 is 0 Å². The van der Waals surface area contributed by atoms with Crippen LogP contribution in [0, 0.1) is 0 Å². The van der Waals surface area contributed by atoms with E-state index in [0.717, 1.165) is 6.07 Å². The highest BCUT2D eigenvalue weighted by molar-refractivity contribution is 5.86. The molecule has 19 heteroatoms. The number of hydrogen-bond donors (Lipinski definition) is 10. The van der Waals surface area contributed by atoms with Gasteiger partial charge in [0.05, 0.1) is 26.4 Å². The van der Waals surface area contributed by atoms with E-state index in [-0.39, 0.29) is 22.5 Å². The van der Waals surface area contributed by atoms with Crippen molar-refractivity contribution in [3.63, 3.8) is 0 Å². The molecule has 3 aromatic rings. The maximum Gasteiger partial charge on any atom is 0.229 e. The van der Waals surface area contributed by atoms with Crippen LogP contribution in [0.2, 0.25) is 0 Å². The monoisotopic (exact) mass is 754 g/mol.